The van der Waals surface area contributed by atoms with E-state index in [1.165, 1.54) is 6.33 Å². The highest BCUT2D eigenvalue weighted by atomic mass is 16.5. The predicted octanol–water partition coefficient (Wildman–Crippen LogP) is 3.59. The standard InChI is InChI=1S/C15H19N3O/c1-9(2)13-14(16)17-8-18-15(13)19-12-7-10(3)5-6-11(12)4/h5-9H,1-4H3,(H2,16,17,18). The zero-order chi connectivity index (χ0) is 14.0. The first-order valence-corrected chi connectivity index (χ1v) is 6.34. The van der Waals surface area contributed by atoms with Gasteiger partial charge in [0.05, 0.1) is 5.56 Å². The molecule has 0 atom stereocenters. The first-order valence-electron chi connectivity index (χ1n) is 6.34. The molecule has 0 saturated carbocycles. The van der Waals surface area contributed by atoms with Gasteiger partial charge in [-0.1, -0.05) is 26.0 Å². The highest BCUT2D eigenvalue weighted by molar-refractivity contribution is 5.49. The van der Waals surface area contributed by atoms with Crippen LogP contribution >= 0.6 is 0 Å². The van der Waals surface area contributed by atoms with Crippen LogP contribution in [0.15, 0.2) is 24.5 Å². The number of nitrogen functional groups attached to an aromatic ring is 1. The third kappa shape index (κ3) is 2.84. The van der Waals surface area contributed by atoms with Gasteiger partial charge in [0.15, 0.2) is 0 Å². The number of hydrogen-bond donors (Lipinski definition) is 1. The van der Waals surface area contributed by atoms with Crippen LogP contribution in [0.1, 0.15) is 36.5 Å². The Bertz CT molecular complexity index is 594. The Morgan fingerprint density at radius 2 is 1.89 bits per heavy atom. The molecule has 0 radical (unpaired) electrons. The van der Waals surface area contributed by atoms with Crippen LogP contribution in [0.2, 0.25) is 0 Å². The van der Waals surface area contributed by atoms with Gasteiger partial charge in [-0.25, -0.2) is 9.97 Å². The van der Waals surface area contributed by atoms with Crippen molar-refractivity contribution in [3.8, 4) is 11.6 Å². The molecule has 0 aliphatic heterocycles. The van der Waals surface area contributed by atoms with Crippen LogP contribution in [0.5, 0.6) is 11.6 Å². The highest BCUT2D eigenvalue weighted by Crippen LogP contribution is 2.32. The molecule has 0 saturated heterocycles. The molecule has 0 spiro atoms. The summed E-state index contributed by atoms with van der Waals surface area (Å²) in [5, 5.41) is 0. The molecule has 100 valence electrons. The molecule has 1 aromatic carbocycles. The van der Waals surface area contributed by atoms with Crippen molar-refractivity contribution in [3.63, 3.8) is 0 Å². The van der Waals surface area contributed by atoms with Crippen molar-refractivity contribution >= 4 is 5.82 Å². The fourth-order valence-corrected chi connectivity index (χ4v) is 1.94. The Labute approximate surface area is 113 Å². The van der Waals surface area contributed by atoms with Crippen molar-refractivity contribution in [2.45, 2.75) is 33.6 Å². The van der Waals surface area contributed by atoms with Gasteiger partial charge in [-0.3, -0.25) is 0 Å². The molecular formula is C15H19N3O. The SMILES string of the molecule is Cc1ccc(C)c(Oc2ncnc(N)c2C(C)C)c1. The number of anilines is 1. The molecule has 4 nitrogen and oxygen atoms in total. The first kappa shape index (κ1) is 13.3. The van der Waals surface area contributed by atoms with E-state index in [2.05, 4.69) is 16.0 Å². The summed E-state index contributed by atoms with van der Waals surface area (Å²) in [5.74, 6) is 2.03. The van der Waals surface area contributed by atoms with Crippen molar-refractivity contribution in [1.29, 1.82) is 0 Å². The van der Waals surface area contributed by atoms with E-state index in [-0.39, 0.29) is 5.92 Å². The van der Waals surface area contributed by atoms with Gasteiger partial charge in [-0.05, 0) is 37.0 Å². The zero-order valence-electron chi connectivity index (χ0n) is 11.8. The maximum absolute atomic E-state index is 5.93. The molecule has 0 aliphatic rings. The minimum atomic E-state index is 0.210. The lowest BCUT2D eigenvalue weighted by Crippen LogP contribution is -2.04. The number of rotatable bonds is 3. The summed E-state index contributed by atoms with van der Waals surface area (Å²) in [6.07, 6.45) is 1.43. The fraction of sp³-hybridized carbons (Fsp3) is 0.333. The molecule has 2 N–H and O–H groups in total. The maximum Gasteiger partial charge on any atom is 0.227 e. The monoisotopic (exact) mass is 257 g/mol. The summed E-state index contributed by atoms with van der Waals surface area (Å²) >= 11 is 0. The Balaban J connectivity index is 2.44. The number of aryl methyl sites for hydroxylation is 2. The largest absolute Gasteiger partial charge is 0.438 e. The first-order chi connectivity index (χ1) is 8.99. The molecule has 2 aromatic rings. The summed E-state index contributed by atoms with van der Waals surface area (Å²) in [7, 11) is 0. The second-order valence-corrected chi connectivity index (χ2v) is 5.00. The summed E-state index contributed by atoms with van der Waals surface area (Å²) in [6, 6.07) is 6.09. The molecule has 0 amide bonds. The summed E-state index contributed by atoms with van der Waals surface area (Å²) in [6.45, 7) is 8.13. The van der Waals surface area contributed by atoms with Crippen LogP contribution in [0, 0.1) is 13.8 Å². The molecule has 0 fully saturated rings. The number of ether oxygens (including phenoxy) is 1. The minimum Gasteiger partial charge on any atom is -0.438 e. The van der Waals surface area contributed by atoms with Crippen LogP contribution in [-0.4, -0.2) is 9.97 Å². The van der Waals surface area contributed by atoms with E-state index in [1.54, 1.807) is 0 Å². The molecule has 4 heteroatoms. The van der Waals surface area contributed by atoms with Gasteiger partial charge in [-0.15, -0.1) is 0 Å². The Kier molecular flexibility index (Phi) is 3.69. The lowest BCUT2D eigenvalue weighted by atomic mass is 10.1. The lowest BCUT2D eigenvalue weighted by molar-refractivity contribution is 0.448. The molecular weight excluding hydrogens is 238 g/mol. The molecule has 0 aliphatic carbocycles. The minimum absolute atomic E-state index is 0.210. The topological polar surface area (TPSA) is 61.0 Å². The molecule has 0 unspecified atom stereocenters. The molecule has 19 heavy (non-hydrogen) atoms. The van der Waals surface area contributed by atoms with Crippen molar-refractivity contribution in [3.05, 3.63) is 41.2 Å². The van der Waals surface area contributed by atoms with Gasteiger partial charge >= 0.3 is 0 Å². The van der Waals surface area contributed by atoms with E-state index in [0.717, 1.165) is 22.4 Å². The average molecular weight is 257 g/mol. The summed E-state index contributed by atoms with van der Waals surface area (Å²) < 4.78 is 5.93. The summed E-state index contributed by atoms with van der Waals surface area (Å²) in [4.78, 5) is 8.24. The number of hydrogen-bond acceptors (Lipinski definition) is 4. The molecule has 1 aromatic heterocycles. The van der Waals surface area contributed by atoms with E-state index in [1.807, 2.05) is 39.8 Å². The van der Waals surface area contributed by atoms with E-state index >= 15 is 0 Å². The van der Waals surface area contributed by atoms with Gasteiger partial charge in [0, 0.05) is 0 Å². The van der Waals surface area contributed by atoms with Crippen molar-refractivity contribution in [2.75, 3.05) is 5.73 Å². The fourth-order valence-electron chi connectivity index (χ4n) is 1.94. The Morgan fingerprint density at radius 3 is 2.58 bits per heavy atom. The van der Waals surface area contributed by atoms with Gasteiger partial charge in [0.25, 0.3) is 0 Å². The maximum atomic E-state index is 5.93. The van der Waals surface area contributed by atoms with Gasteiger partial charge in [-0.2, -0.15) is 0 Å². The summed E-state index contributed by atoms with van der Waals surface area (Å²) in [5.41, 5.74) is 8.98. The normalized spacial score (nSPS) is 10.8. The molecule has 2 rings (SSSR count). The van der Waals surface area contributed by atoms with E-state index in [9.17, 15) is 0 Å². The molecule has 0 bridgehead atoms. The highest BCUT2D eigenvalue weighted by Gasteiger charge is 2.15. The Hall–Kier alpha value is -2.10. The second kappa shape index (κ2) is 5.26. The van der Waals surface area contributed by atoms with Gasteiger partial charge in [0.1, 0.15) is 17.9 Å². The van der Waals surface area contributed by atoms with Crippen LogP contribution < -0.4 is 10.5 Å². The average Bonchev–Trinajstić information content (AvgIpc) is 2.33. The van der Waals surface area contributed by atoms with Crippen LogP contribution in [0.25, 0.3) is 0 Å². The van der Waals surface area contributed by atoms with Crippen LogP contribution in [0.3, 0.4) is 0 Å². The predicted molar refractivity (Wildman–Crippen MR) is 76.5 cm³/mol. The number of benzene rings is 1. The van der Waals surface area contributed by atoms with E-state index in [0.29, 0.717) is 11.7 Å². The zero-order valence-corrected chi connectivity index (χ0v) is 11.8. The third-order valence-electron chi connectivity index (χ3n) is 3.01. The molecule has 1 heterocycles. The van der Waals surface area contributed by atoms with Crippen molar-refractivity contribution in [1.82, 2.24) is 9.97 Å². The number of aromatic nitrogens is 2. The van der Waals surface area contributed by atoms with Gasteiger partial charge < -0.3 is 10.5 Å². The van der Waals surface area contributed by atoms with Gasteiger partial charge in [0.2, 0.25) is 5.88 Å². The Morgan fingerprint density at radius 1 is 1.16 bits per heavy atom. The van der Waals surface area contributed by atoms with Crippen molar-refractivity contribution < 1.29 is 4.74 Å². The smallest absolute Gasteiger partial charge is 0.227 e. The second-order valence-electron chi connectivity index (χ2n) is 5.00. The van der Waals surface area contributed by atoms with Crippen molar-refractivity contribution in [2.24, 2.45) is 0 Å². The number of nitrogens with two attached hydrogens (primary N) is 1. The van der Waals surface area contributed by atoms with Crippen LogP contribution in [-0.2, 0) is 0 Å². The third-order valence-corrected chi connectivity index (χ3v) is 3.01. The van der Waals surface area contributed by atoms with E-state index < -0.39 is 0 Å². The van der Waals surface area contributed by atoms with E-state index in [4.69, 9.17) is 10.5 Å². The lowest BCUT2D eigenvalue weighted by Gasteiger charge is -2.15. The number of nitrogens with zero attached hydrogens (tertiary/aromatic N) is 2. The van der Waals surface area contributed by atoms with Crippen LogP contribution in [0.4, 0.5) is 5.82 Å². The quantitative estimate of drug-likeness (QED) is 0.912.